The molecule has 1 amide bonds. The number of aliphatic carboxylic acids is 2. The maximum absolute atomic E-state index is 13.0. The Bertz CT molecular complexity index is 873. The van der Waals surface area contributed by atoms with Gasteiger partial charge in [0.15, 0.2) is 0 Å². The molecule has 0 aliphatic carbocycles. The number of carbonyl (C=O) groups excluding carboxylic acids is 1. The quantitative estimate of drug-likeness (QED) is 0.277. The largest absolute Gasteiger partial charge is 0.481 e. The third kappa shape index (κ3) is 6.52. The van der Waals surface area contributed by atoms with Crippen LogP contribution in [-0.4, -0.2) is 39.5 Å². The molecule has 0 fully saturated rings. The van der Waals surface area contributed by atoms with Gasteiger partial charge >= 0.3 is 11.9 Å². The number of benzene rings is 2. The van der Waals surface area contributed by atoms with Crippen LogP contribution in [-0.2, 0) is 20.8 Å². The van der Waals surface area contributed by atoms with E-state index >= 15 is 0 Å². The third-order valence-electron chi connectivity index (χ3n) is 4.74. The van der Waals surface area contributed by atoms with E-state index in [1.54, 1.807) is 24.3 Å². The van der Waals surface area contributed by atoms with E-state index in [0.29, 0.717) is 12.1 Å². The summed E-state index contributed by atoms with van der Waals surface area (Å²) in [5, 5.41) is 24.4. The highest BCUT2D eigenvalue weighted by atomic mass is 32.1. The first-order chi connectivity index (χ1) is 14.3. The van der Waals surface area contributed by atoms with E-state index in [9.17, 15) is 19.5 Å². The number of aryl methyl sites for hydroxylation is 1. The molecule has 160 valence electrons. The van der Waals surface area contributed by atoms with E-state index in [1.807, 2.05) is 37.3 Å². The molecule has 2 unspecified atom stereocenters. The van der Waals surface area contributed by atoms with Gasteiger partial charge in [-0.25, -0.2) is 4.79 Å². The fourth-order valence-electron chi connectivity index (χ4n) is 3.00. The smallest absolute Gasteiger partial charge is 0.350 e. The van der Waals surface area contributed by atoms with Crippen LogP contribution in [0.4, 0.5) is 5.69 Å². The number of thiol groups is 1. The molecule has 4 N–H and O–H groups in total. The van der Waals surface area contributed by atoms with Crippen LogP contribution in [0.15, 0.2) is 54.6 Å². The molecule has 30 heavy (non-hydrogen) atoms. The maximum atomic E-state index is 13.0. The van der Waals surface area contributed by atoms with Gasteiger partial charge in [0, 0.05) is 24.3 Å². The van der Waals surface area contributed by atoms with Gasteiger partial charge in [0.1, 0.15) is 0 Å². The van der Waals surface area contributed by atoms with Crippen molar-refractivity contribution in [2.75, 3.05) is 11.1 Å². The summed E-state index contributed by atoms with van der Waals surface area (Å²) in [7, 11) is 0. The molecule has 2 rings (SSSR count). The fraction of sp³-hybridized carbons (Fsp3) is 0.318. The van der Waals surface area contributed by atoms with E-state index in [4.69, 9.17) is 5.11 Å². The zero-order chi connectivity index (χ0) is 22.1. The van der Waals surface area contributed by atoms with Gasteiger partial charge in [0.05, 0.1) is 5.92 Å². The number of carbonyl (C=O) groups is 3. The first-order valence-corrected chi connectivity index (χ1v) is 10.2. The number of hydrogen-bond donors (Lipinski definition) is 5. The summed E-state index contributed by atoms with van der Waals surface area (Å²) < 4.78 is 0. The second kappa shape index (κ2) is 10.7. The molecule has 2 aromatic carbocycles. The van der Waals surface area contributed by atoms with Crippen LogP contribution >= 0.6 is 12.6 Å². The second-order valence-electron chi connectivity index (χ2n) is 7.15. The van der Waals surface area contributed by atoms with Gasteiger partial charge in [-0.1, -0.05) is 48.0 Å². The fourth-order valence-corrected chi connectivity index (χ4v) is 3.29. The predicted molar refractivity (Wildman–Crippen MR) is 118 cm³/mol. The van der Waals surface area contributed by atoms with Crippen molar-refractivity contribution in [1.29, 1.82) is 0 Å². The topological polar surface area (TPSA) is 116 Å². The number of carboxylic acids is 2. The van der Waals surface area contributed by atoms with Crippen LogP contribution in [0, 0.1) is 12.8 Å². The van der Waals surface area contributed by atoms with Crippen LogP contribution in [0.5, 0.6) is 0 Å². The molecular formula is C22H26N2O5S. The summed E-state index contributed by atoms with van der Waals surface area (Å²) in [5.74, 6) is -3.41. The maximum Gasteiger partial charge on any atom is 0.350 e. The molecule has 0 bridgehead atoms. The normalized spacial score (nSPS) is 13.7. The lowest BCUT2D eigenvalue weighted by Crippen LogP contribution is -2.61. The predicted octanol–water partition coefficient (Wildman–Crippen LogP) is 2.96. The summed E-state index contributed by atoms with van der Waals surface area (Å²) in [4.78, 5) is 36.3. The molecule has 2 atom stereocenters. The molecule has 7 nitrogen and oxygen atoms in total. The van der Waals surface area contributed by atoms with Gasteiger partial charge in [0.25, 0.3) is 0 Å². The van der Waals surface area contributed by atoms with Gasteiger partial charge in [-0.15, -0.1) is 0 Å². The van der Waals surface area contributed by atoms with E-state index < -0.39 is 35.8 Å². The highest BCUT2D eigenvalue weighted by Gasteiger charge is 2.41. The van der Waals surface area contributed by atoms with E-state index in [-0.39, 0.29) is 12.2 Å². The van der Waals surface area contributed by atoms with Crippen LogP contribution < -0.4 is 10.6 Å². The molecule has 8 heteroatoms. The van der Waals surface area contributed by atoms with Gasteiger partial charge < -0.3 is 20.8 Å². The number of anilines is 1. The van der Waals surface area contributed by atoms with Crippen LogP contribution in [0.2, 0.25) is 0 Å². The van der Waals surface area contributed by atoms with E-state index in [1.165, 1.54) is 0 Å². The SMILES string of the molecule is Cc1ccc(NC(CCC(=O)O)(NC(=O)C(CS)Cc2ccccc2)C(=O)O)cc1. The lowest BCUT2D eigenvalue weighted by Gasteiger charge is -2.33. The zero-order valence-electron chi connectivity index (χ0n) is 16.7. The molecule has 2 aromatic rings. The Balaban J connectivity index is 2.28. The lowest BCUT2D eigenvalue weighted by molar-refractivity contribution is -0.148. The number of hydrogen-bond acceptors (Lipinski definition) is 5. The average Bonchev–Trinajstić information content (AvgIpc) is 2.72. The second-order valence-corrected chi connectivity index (χ2v) is 7.52. The van der Waals surface area contributed by atoms with Crippen molar-refractivity contribution in [1.82, 2.24) is 5.32 Å². The summed E-state index contributed by atoms with van der Waals surface area (Å²) in [6.45, 7) is 1.89. The summed E-state index contributed by atoms with van der Waals surface area (Å²) >= 11 is 4.26. The standard InChI is InChI=1S/C22H26N2O5S/c1-15-7-9-18(10-8-15)23-22(21(28)29,12-11-19(25)26)24-20(27)17(14-30)13-16-5-3-2-4-6-16/h2-10,17,23,30H,11-14H2,1H3,(H,24,27)(H,25,26)(H,28,29). The highest BCUT2D eigenvalue weighted by Crippen LogP contribution is 2.21. The van der Waals surface area contributed by atoms with Crippen molar-refractivity contribution < 1.29 is 24.6 Å². The van der Waals surface area contributed by atoms with Crippen LogP contribution in [0.25, 0.3) is 0 Å². The van der Waals surface area contributed by atoms with Crippen molar-refractivity contribution in [3.05, 3.63) is 65.7 Å². The molecule has 0 heterocycles. The molecule has 0 spiro atoms. The number of amides is 1. The third-order valence-corrected chi connectivity index (χ3v) is 5.18. The zero-order valence-corrected chi connectivity index (χ0v) is 17.6. The molecule has 0 saturated heterocycles. The molecule has 0 radical (unpaired) electrons. The van der Waals surface area contributed by atoms with Gasteiger partial charge in [-0.2, -0.15) is 12.6 Å². The molecule has 0 aromatic heterocycles. The highest BCUT2D eigenvalue weighted by molar-refractivity contribution is 7.80. The molecule has 0 aliphatic rings. The first-order valence-electron chi connectivity index (χ1n) is 9.52. The van der Waals surface area contributed by atoms with Crippen LogP contribution in [0.1, 0.15) is 24.0 Å². The minimum atomic E-state index is -1.97. The monoisotopic (exact) mass is 430 g/mol. The number of nitrogens with one attached hydrogen (secondary N) is 2. The minimum absolute atomic E-state index is 0.208. The minimum Gasteiger partial charge on any atom is -0.481 e. The van der Waals surface area contributed by atoms with Gasteiger partial charge in [-0.05, 0) is 31.0 Å². The average molecular weight is 431 g/mol. The molecule has 0 saturated carbocycles. The van der Waals surface area contributed by atoms with Crippen molar-refractivity contribution >= 4 is 36.2 Å². The number of carboxylic acid groups (broad SMARTS) is 2. The van der Waals surface area contributed by atoms with E-state index in [2.05, 4.69) is 23.3 Å². The first kappa shape index (κ1) is 23.3. The molecule has 0 aliphatic heterocycles. The van der Waals surface area contributed by atoms with Gasteiger partial charge in [0.2, 0.25) is 11.6 Å². The van der Waals surface area contributed by atoms with Crippen molar-refractivity contribution in [2.24, 2.45) is 5.92 Å². The Morgan fingerprint density at radius 2 is 1.67 bits per heavy atom. The Morgan fingerprint density at radius 3 is 2.20 bits per heavy atom. The Kier molecular flexibility index (Phi) is 8.29. The molecular weight excluding hydrogens is 404 g/mol. The summed E-state index contributed by atoms with van der Waals surface area (Å²) in [6, 6.07) is 16.3. The number of rotatable bonds is 11. The Labute approximate surface area is 180 Å². The van der Waals surface area contributed by atoms with Crippen molar-refractivity contribution in [3.8, 4) is 0 Å². The summed E-state index contributed by atoms with van der Waals surface area (Å²) in [5.41, 5.74) is 0.390. The summed E-state index contributed by atoms with van der Waals surface area (Å²) in [6.07, 6.45) is -0.382. The van der Waals surface area contributed by atoms with E-state index in [0.717, 1.165) is 11.1 Å². The van der Waals surface area contributed by atoms with Crippen LogP contribution in [0.3, 0.4) is 0 Å². The Hall–Kier alpha value is -3.00. The van der Waals surface area contributed by atoms with Gasteiger partial charge in [-0.3, -0.25) is 9.59 Å². The Morgan fingerprint density at radius 1 is 1.03 bits per heavy atom. The lowest BCUT2D eigenvalue weighted by atomic mass is 9.97. The van der Waals surface area contributed by atoms with Crippen molar-refractivity contribution in [3.63, 3.8) is 0 Å². The van der Waals surface area contributed by atoms with Crippen molar-refractivity contribution in [2.45, 2.75) is 31.8 Å².